The molecule has 0 radical (unpaired) electrons. The Hall–Kier alpha value is -2.74. The van der Waals surface area contributed by atoms with Crippen molar-refractivity contribution in [2.24, 2.45) is 0 Å². The van der Waals surface area contributed by atoms with Gasteiger partial charge in [-0.2, -0.15) is 0 Å². The van der Waals surface area contributed by atoms with Gasteiger partial charge in [0.15, 0.2) is 0 Å². The van der Waals surface area contributed by atoms with E-state index in [1.807, 2.05) is 6.07 Å². The topological polar surface area (TPSA) is 91.2 Å². The highest BCUT2D eigenvalue weighted by Crippen LogP contribution is 2.22. The number of aryl methyl sites for hydroxylation is 2. The molecule has 0 amide bonds. The normalized spacial score (nSPS) is 12.1. The fraction of sp³-hybridized carbons (Fsp3) is 0.379. The second-order valence-corrected chi connectivity index (χ2v) is 8.94. The predicted octanol–water partition coefficient (Wildman–Crippen LogP) is 4.10. The summed E-state index contributed by atoms with van der Waals surface area (Å²) in [4.78, 5) is 0. The van der Waals surface area contributed by atoms with E-state index in [1.54, 1.807) is 12.1 Å². The zero-order valence-electron chi connectivity index (χ0n) is 20.7. The summed E-state index contributed by atoms with van der Waals surface area (Å²) in [5.41, 5.74) is 7.09. The van der Waals surface area contributed by atoms with E-state index in [9.17, 15) is 15.3 Å². The molecule has 0 bridgehead atoms. The number of benzene rings is 3. The molecule has 0 fully saturated rings. The highest BCUT2D eigenvalue weighted by molar-refractivity contribution is 5.36. The lowest BCUT2D eigenvalue weighted by molar-refractivity contribution is 0.0338. The average Bonchev–Trinajstić information content (AvgIpc) is 2.84. The van der Waals surface area contributed by atoms with Crippen LogP contribution in [0.4, 0.5) is 0 Å². The van der Waals surface area contributed by atoms with E-state index in [0.29, 0.717) is 44.1 Å². The van der Waals surface area contributed by atoms with Gasteiger partial charge in [0, 0.05) is 12.1 Å². The van der Waals surface area contributed by atoms with Crippen LogP contribution < -0.4 is 5.32 Å². The van der Waals surface area contributed by atoms with Crippen LogP contribution in [0.3, 0.4) is 0 Å². The fourth-order valence-corrected chi connectivity index (χ4v) is 4.05. The molecular weight excluding hydrogens is 442 g/mol. The van der Waals surface area contributed by atoms with Crippen molar-refractivity contribution in [1.82, 2.24) is 5.32 Å². The van der Waals surface area contributed by atoms with Crippen LogP contribution in [0.2, 0.25) is 0 Å². The van der Waals surface area contributed by atoms with Crippen molar-refractivity contribution in [1.29, 1.82) is 0 Å². The van der Waals surface area contributed by atoms with Crippen LogP contribution in [0.25, 0.3) is 0 Å². The maximum Gasteiger partial charge on any atom is 0.121 e. The summed E-state index contributed by atoms with van der Waals surface area (Å²) in [6, 6.07) is 19.6. The summed E-state index contributed by atoms with van der Waals surface area (Å²) in [7, 11) is 0. The fourth-order valence-electron chi connectivity index (χ4n) is 4.05. The Balaban J connectivity index is 1.32. The Bertz CT molecular complexity index is 1050. The van der Waals surface area contributed by atoms with E-state index >= 15 is 0 Å². The van der Waals surface area contributed by atoms with Crippen LogP contribution >= 0.6 is 0 Å². The minimum Gasteiger partial charge on any atom is -0.508 e. The van der Waals surface area contributed by atoms with E-state index < -0.39 is 6.10 Å². The Kier molecular flexibility index (Phi) is 10.7. The van der Waals surface area contributed by atoms with E-state index in [-0.39, 0.29) is 12.4 Å². The standard InChI is InChI=1S/C29H37NO5/c1-21-12-22(2)14-25(13-21)20-35-11-10-34-19-24-5-3-4-23(15-24)8-9-30-17-29(33)26-6-7-28(32)27(16-26)18-31/h3-7,12-16,29-33H,8-11,17-20H2,1-2H3. The third kappa shape index (κ3) is 9.09. The molecule has 3 rings (SSSR count). The maximum absolute atomic E-state index is 10.4. The summed E-state index contributed by atoms with van der Waals surface area (Å²) in [5, 5.41) is 32.6. The molecule has 188 valence electrons. The lowest BCUT2D eigenvalue weighted by Crippen LogP contribution is -2.23. The van der Waals surface area contributed by atoms with Crippen molar-refractivity contribution in [3.8, 4) is 5.75 Å². The Morgan fingerprint density at radius 1 is 0.829 bits per heavy atom. The summed E-state index contributed by atoms with van der Waals surface area (Å²) in [5.74, 6) is 0.0325. The summed E-state index contributed by atoms with van der Waals surface area (Å²) in [6.07, 6.45) is 0.120. The van der Waals surface area contributed by atoms with Crippen molar-refractivity contribution in [2.75, 3.05) is 26.3 Å². The lowest BCUT2D eigenvalue weighted by Gasteiger charge is -2.14. The quantitative estimate of drug-likeness (QED) is 0.260. The second kappa shape index (κ2) is 14.0. The number of rotatable bonds is 14. The highest BCUT2D eigenvalue weighted by atomic mass is 16.5. The molecule has 3 aromatic rings. The van der Waals surface area contributed by atoms with Gasteiger partial charge in [-0.15, -0.1) is 0 Å². The summed E-state index contributed by atoms with van der Waals surface area (Å²) < 4.78 is 11.5. The van der Waals surface area contributed by atoms with Crippen LogP contribution in [-0.2, 0) is 35.7 Å². The monoisotopic (exact) mass is 479 g/mol. The Morgan fingerprint density at radius 2 is 1.51 bits per heavy atom. The summed E-state index contributed by atoms with van der Waals surface area (Å²) in [6.45, 7) is 7.28. The van der Waals surface area contributed by atoms with Crippen LogP contribution in [0, 0.1) is 13.8 Å². The van der Waals surface area contributed by atoms with Crippen molar-refractivity contribution >= 4 is 0 Å². The number of hydrogen-bond acceptors (Lipinski definition) is 6. The number of phenols is 1. The average molecular weight is 480 g/mol. The molecule has 6 nitrogen and oxygen atoms in total. The summed E-state index contributed by atoms with van der Waals surface area (Å²) >= 11 is 0. The lowest BCUT2D eigenvalue weighted by atomic mass is 10.0. The van der Waals surface area contributed by atoms with Crippen LogP contribution in [0.1, 0.15) is 45.0 Å². The van der Waals surface area contributed by atoms with Gasteiger partial charge in [0.2, 0.25) is 0 Å². The first-order chi connectivity index (χ1) is 16.9. The zero-order chi connectivity index (χ0) is 25.0. The molecule has 0 spiro atoms. The Labute approximate surface area is 208 Å². The molecule has 0 saturated carbocycles. The molecule has 0 aliphatic rings. The minimum absolute atomic E-state index is 0.0325. The third-order valence-corrected chi connectivity index (χ3v) is 5.77. The van der Waals surface area contributed by atoms with Gasteiger partial charge in [0.05, 0.1) is 39.1 Å². The largest absolute Gasteiger partial charge is 0.508 e. The SMILES string of the molecule is Cc1cc(C)cc(COCCOCc2cccc(CCNCC(O)c3ccc(O)c(CO)c3)c2)c1. The van der Waals surface area contributed by atoms with Gasteiger partial charge in [-0.05, 0) is 61.2 Å². The van der Waals surface area contributed by atoms with Crippen molar-refractivity contribution in [3.63, 3.8) is 0 Å². The molecule has 0 aliphatic carbocycles. The molecule has 35 heavy (non-hydrogen) atoms. The number of aliphatic hydroxyl groups is 2. The van der Waals surface area contributed by atoms with Crippen LogP contribution in [-0.4, -0.2) is 41.6 Å². The van der Waals surface area contributed by atoms with Crippen LogP contribution in [0.5, 0.6) is 5.75 Å². The zero-order valence-corrected chi connectivity index (χ0v) is 20.7. The molecule has 1 unspecified atom stereocenters. The van der Waals surface area contributed by atoms with E-state index in [1.165, 1.54) is 28.3 Å². The number of aromatic hydroxyl groups is 1. The second-order valence-electron chi connectivity index (χ2n) is 8.94. The molecule has 0 aromatic heterocycles. The van der Waals surface area contributed by atoms with Crippen molar-refractivity contribution in [3.05, 3.63) is 99.6 Å². The minimum atomic E-state index is -0.710. The van der Waals surface area contributed by atoms with E-state index in [4.69, 9.17) is 9.47 Å². The highest BCUT2D eigenvalue weighted by Gasteiger charge is 2.10. The van der Waals surface area contributed by atoms with E-state index in [2.05, 4.69) is 55.6 Å². The number of aliphatic hydroxyl groups excluding tert-OH is 2. The molecule has 0 heterocycles. The smallest absolute Gasteiger partial charge is 0.121 e. The van der Waals surface area contributed by atoms with Gasteiger partial charge in [0.1, 0.15) is 5.75 Å². The van der Waals surface area contributed by atoms with E-state index in [0.717, 1.165) is 18.5 Å². The molecule has 1 atom stereocenters. The first-order valence-corrected chi connectivity index (χ1v) is 12.1. The molecule has 0 aliphatic heterocycles. The van der Waals surface area contributed by atoms with Gasteiger partial charge in [-0.3, -0.25) is 0 Å². The first-order valence-electron chi connectivity index (χ1n) is 12.1. The van der Waals surface area contributed by atoms with Crippen LogP contribution in [0.15, 0.2) is 60.7 Å². The number of ether oxygens (including phenoxy) is 2. The van der Waals surface area contributed by atoms with Gasteiger partial charge < -0.3 is 30.1 Å². The Morgan fingerprint density at radius 3 is 2.23 bits per heavy atom. The van der Waals surface area contributed by atoms with Crippen molar-refractivity contribution in [2.45, 2.75) is 46.2 Å². The van der Waals surface area contributed by atoms with Crippen molar-refractivity contribution < 1.29 is 24.8 Å². The van der Waals surface area contributed by atoms with Gasteiger partial charge in [0.25, 0.3) is 0 Å². The predicted molar refractivity (Wildman–Crippen MR) is 137 cm³/mol. The number of nitrogens with one attached hydrogen (secondary N) is 1. The van der Waals surface area contributed by atoms with Gasteiger partial charge in [-0.1, -0.05) is 59.7 Å². The molecule has 4 N–H and O–H groups in total. The molecular formula is C29H37NO5. The number of hydrogen-bond donors (Lipinski definition) is 4. The maximum atomic E-state index is 10.4. The third-order valence-electron chi connectivity index (χ3n) is 5.77. The molecule has 0 saturated heterocycles. The molecule has 6 heteroatoms. The molecule has 3 aromatic carbocycles. The van der Waals surface area contributed by atoms with Gasteiger partial charge in [-0.25, -0.2) is 0 Å². The first kappa shape index (κ1) is 26.9. The van der Waals surface area contributed by atoms with Gasteiger partial charge >= 0.3 is 0 Å².